The maximum absolute atomic E-state index is 8.46. The van der Waals surface area contributed by atoms with Crippen LogP contribution in [-0.4, -0.2) is 22.6 Å². The molecule has 0 radical (unpaired) electrons. The van der Waals surface area contributed by atoms with Crippen molar-refractivity contribution in [1.29, 1.82) is 0 Å². The largest absolute Gasteiger partial charge is 0.498 e. The summed E-state index contributed by atoms with van der Waals surface area (Å²) in [5.41, 5.74) is 0. The average Bonchev–Trinajstić information content (AvgIpc) is 2.15. The molecule has 0 saturated carbocycles. The van der Waals surface area contributed by atoms with E-state index in [9.17, 15) is 0 Å². The first-order valence-electron chi connectivity index (χ1n) is 2.95. The summed E-state index contributed by atoms with van der Waals surface area (Å²) in [4.78, 5) is 0. The summed E-state index contributed by atoms with van der Waals surface area (Å²) in [6.07, 6.45) is 3.28. The van der Waals surface area contributed by atoms with Gasteiger partial charge in [0, 0.05) is 12.8 Å². The van der Waals surface area contributed by atoms with Gasteiger partial charge in [0.25, 0.3) is 0 Å². The van der Waals surface area contributed by atoms with E-state index in [1.54, 1.807) is 6.26 Å². The lowest BCUT2D eigenvalue weighted by molar-refractivity contribution is -0.0682. The Morgan fingerprint density at radius 3 is 2.89 bits per heavy atom. The molecule has 1 aliphatic heterocycles. The number of aliphatic hydroxyl groups is 2. The van der Waals surface area contributed by atoms with Crippen molar-refractivity contribution in [3.8, 4) is 0 Å². The van der Waals surface area contributed by atoms with E-state index in [2.05, 4.69) is 0 Å². The molecule has 0 aromatic rings. The molecule has 0 amide bonds. The second-order valence-corrected chi connectivity index (χ2v) is 2.08. The van der Waals surface area contributed by atoms with Crippen molar-refractivity contribution in [2.45, 2.75) is 25.2 Å². The number of hydrogen-bond acceptors (Lipinski definition) is 3. The minimum absolute atomic E-state index is 0.0231. The normalized spacial score (nSPS) is 25.0. The van der Waals surface area contributed by atoms with Crippen molar-refractivity contribution in [2.75, 3.05) is 0 Å². The highest BCUT2D eigenvalue weighted by atomic mass is 16.5. The Morgan fingerprint density at radius 2 is 2.44 bits per heavy atom. The Hall–Kier alpha value is -0.540. The Bertz CT molecular complexity index is 101. The SMILES string of the molecule is OC(O)CC1CC=CO1. The molecule has 3 nitrogen and oxygen atoms in total. The Kier molecular flexibility index (Phi) is 2.08. The lowest BCUT2D eigenvalue weighted by Gasteiger charge is -2.10. The summed E-state index contributed by atoms with van der Waals surface area (Å²) >= 11 is 0. The summed E-state index contributed by atoms with van der Waals surface area (Å²) in [6, 6.07) is 0. The maximum atomic E-state index is 8.46. The lowest BCUT2D eigenvalue weighted by atomic mass is 10.2. The highest BCUT2D eigenvalue weighted by molar-refractivity contribution is 4.86. The molecule has 9 heavy (non-hydrogen) atoms. The molecule has 0 aromatic heterocycles. The van der Waals surface area contributed by atoms with Gasteiger partial charge < -0.3 is 14.9 Å². The Morgan fingerprint density at radius 1 is 1.67 bits per heavy atom. The maximum Gasteiger partial charge on any atom is 0.154 e. The van der Waals surface area contributed by atoms with E-state index in [1.807, 2.05) is 6.08 Å². The van der Waals surface area contributed by atoms with Gasteiger partial charge in [-0.05, 0) is 6.08 Å². The number of rotatable bonds is 2. The van der Waals surface area contributed by atoms with Crippen molar-refractivity contribution in [3.63, 3.8) is 0 Å². The monoisotopic (exact) mass is 130 g/mol. The molecule has 0 spiro atoms. The van der Waals surface area contributed by atoms with Crippen LogP contribution in [0.15, 0.2) is 12.3 Å². The van der Waals surface area contributed by atoms with Crippen LogP contribution >= 0.6 is 0 Å². The highest BCUT2D eigenvalue weighted by Gasteiger charge is 2.14. The smallest absolute Gasteiger partial charge is 0.154 e. The van der Waals surface area contributed by atoms with E-state index >= 15 is 0 Å². The summed E-state index contributed by atoms with van der Waals surface area (Å²) < 4.78 is 4.96. The fourth-order valence-electron chi connectivity index (χ4n) is 0.816. The molecule has 1 heterocycles. The lowest BCUT2D eigenvalue weighted by Crippen LogP contribution is -2.15. The molecular weight excluding hydrogens is 120 g/mol. The van der Waals surface area contributed by atoms with Crippen molar-refractivity contribution in [2.24, 2.45) is 0 Å². The Balaban J connectivity index is 2.14. The highest BCUT2D eigenvalue weighted by Crippen LogP contribution is 2.13. The first-order chi connectivity index (χ1) is 4.29. The van der Waals surface area contributed by atoms with E-state index in [-0.39, 0.29) is 6.10 Å². The van der Waals surface area contributed by atoms with Gasteiger partial charge in [-0.15, -0.1) is 0 Å². The zero-order valence-electron chi connectivity index (χ0n) is 5.03. The number of hydrogen-bond donors (Lipinski definition) is 2. The Labute approximate surface area is 53.6 Å². The van der Waals surface area contributed by atoms with Crippen molar-refractivity contribution < 1.29 is 14.9 Å². The zero-order chi connectivity index (χ0) is 6.69. The molecule has 2 N–H and O–H groups in total. The van der Waals surface area contributed by atoms with E-state index in [1.165, 1.54) is 0 Å². The molecule has 52 valence electrons. The molecule has 1 atom stereocenters. The quantitative estimate of drug-likeness (QED) is 0.517. The predicted octanol–water partition coefficient (Wildman–Crippen LogP) is -0.0102. The fraction of sp³-hybridized carbons (Fsp3) is 0.667. The van der Waals surface area contributed by atoms with E-state index in [0.717, 1.165) is 6.42 Å². The predicted molar refractivity (Wildman–Crippen MR) is 31.5 cm³/mol. The van der Waals surface area contributed by atoms with E-state index in [0.29, 0.717) is 6.42 Å². The summed E-state index contributed by atoms with van der Waals surface area (Å²) in [7, 11) is 0. The molecule has 0 saturated heterocycles. The van der Waals surface area contributed by atoms with Gasteiger partial charge in [0.2, 0.25) is 0 Å². The molecule has 0 bridgehead atoms. The molecule has 0 fully saturated rings. The van der Waals surface area contributed by atoms with Gasteiger partial charge in [0.15, 0.2) is 6.29 Å². The van der Waals surface area contributed by atoms with Gasteiger partial charge in [-0.1, -0.05) is 0 Å². The van der Waals surface area contributed by atoms with Crippen molar-refractivity contribution in [1.82, 2.24) is 0 Å². The fourth-order valence-corrected chi connectivity index (χ4v) is 0.816. The molecular formula is C6H10O3. The zero-order valence-corrected chi connectivity index (χ0v) is 5.03. The third-order valence-corrected chi connectivity index (χ3v) is 1.24. The number of aliphatic hydroxyl groups excluding tert-OH is 1. The molecule has 1 rings (SSSR count). The average molecular weight is 130 g/mol. The van der Waals surface area contributed by atoms with Gasteiger partial charge in [0.1, 0.15) is 6.10 Å². The first kappa shape index (κ1) is 6.58. The van der Waals surface area contributed by atoms with Gasteiger partial charge in [-0.3, -0.25) is 0 Å². The standard InChI is InChI=1S/C6H10O3/c7-6(8)4-5-2-1-3-9-5/h1,3,5-8H,2,4H2. The van der Waals surface area contributed by atoms with Crippen molar-refractivity contribution >= 4 is 0 Å². The number of ether oxygens (including phenoxy) is 1. The summed E-state index contributed by atoms with van der Waals surface area (Å²) in [6.45, 7) is 0. The van der Waals surface area contributed by atoms with Crippen LogP contribution in [0.2, 0.25) is 0 Å². The molecule has 3 heteroatoms. The second kappa shape index (κ2) is 2.85. The van der Waals surface area contributed by atoms with Crippen LogP contribution in [0.4, 0.5) is 0 Å². The van der Waals surface area contributed by atoms with E-state index in [4.69, 9.17) is 14.9 Å². The van der Waals surface area contributed by atoms with Crippen LogP contribution in [0.5, 0.6) is 0 Å². The van der Waals surface area contributed by atoms with Crippen LogP contribution in [0.3, 0.4) is 0 Å². The van der Waals surface area contributed by atoms with Crippen LogP contribution in [0.1, 0.15) is 12.8 Å². The molecule has 1 unspecified atom stereocenters. The van der Waals surface area contributed by atoms with Crippen LogP contribution < -0.4 is 0 Å². The summed E-state index contributed by atoms with van der Waals surface area (Å²) in [5, 5.41) is 16.9. The van der Waals surface area contributed by atoms with Crippen LogP contribution in [0, 0.1) is 0 Å². The second-order valence-electron chi connectivity index (χ2n) is 2.08. The van der Waals surface area contributed by atoms with E-state index < -0.39 is 6.29 Å². The van der Waals surface area contributed by atoms with Crippen molar-refractivity contribution in [3.05, 3.63) is 12.3 Å². The van der Waals surface area contributed by atoms with Gasteiger partial charge in [-0.25, -0.2) is 0 Å². The topological polar surface area (TPSA) is 49.7 Å². The van der Waals surface area contributed by atoms with Crippen LogP contribution in [-0.2, 0) is 4.74 Å². The van der Waals surface area contributed by atoms with Gasteiger partial charge >= 0.3 is 0 Å². The molecule has 1 aliphatic rings. The van der Waals surface area contributed by atoms with Gasteiger partial charge in [0.05, 0.1) is 6.26 Å². The third kappa shape index (κ3) is 2.03. The minimum Gasteiger partial charge on any atom is -0.498 e. The van der Waals surface area contributed by atoms with Crippen LogP contribution in [0.25, 0.3) is 0 Å². The molecule has 0 aromatic carbocycles. The van der Waals surface area contributed by atoms with Gasteiger partial charge in [-0.2, -0.15) is 0 Å². The third-order valence-electron chi connectivity index (χ3n) is 1.24. The minimum atomic E-state index is -1.24. The first-order valence-corrected chi connectivity index (χ1v) is 2.95. The summed E-state index contributed by atoms with van der Waals surface area (Å²) in [5.74, 6) is 0. The molecule has 0 aliphatic carbocycles.